The number of aromatic nitrogens is 2. The number of hydrogen-bond acceptors (Lipinski definition) is 3. The molecule has 0 bridgehead atoms. The maximum Gasteiger partial charge on any atom is 0.306 e. The molecule has 1 atom stereocenters. The third-order valence-electron chi connectivity index (χ3n) is 3.68. The van der Waals surface area contributed by atoms with Crippen LogP contribution in [0, 0.1) is 5.92 Å². The number of nitrogens with one attached hydrogen (secondary N) is 1. The Kier molecular flexibility index (Phi) is 3.10. The molecule has 0 aliphatic heterocycles. The molecular weight excluding hydrogens is 256 g/mol. The Bertz CT molecular complexity index is 707. The summed E-state index contributed by atoms with van der Waals surface area (Å²) < 4.78 is 0. The highest BCUT2D eigenvalue weighted by Gasteiger charge is 2.27. The number of carboxylic acids is 1. The van der Waals surface area contributed by atoms with Crippen molar-refractivity contribution in [1.82, 2.24) is 9.97 Å². The summed E-state index contributed by atoms with van der Waals surface area (Å²) in [6, 6.07) is 9.43. The number of benzene rings is 1. The van der Waals surface area contributed by atoms with E-state index < -0.39 is 11.9 Å². The zero-order valence-electron chi connectivity index (χ0n) is 10.8. The number of carboxylic acid groups (broad SMARTS) is 1. The average molecular weight is 270 g/mol. The molecule has 0 fully saturated rings. The van der Waals surface area contributed by atoms with E-state index in [0.29, 0.717) is 24.2 Å². The number of carbonyl (C=O) groups is 1. The molecule has 1 aromatic heterocycles. The second-order valence-corrected chi connectivity index (χ2v) is 4.98. The van der Waals surface area contributed by atoms with Crippen molar-refractivity contribution in [1.29, 1.82) is 0 Å². The number of rotatable bonds is 2. The van der Waals surface area contributed by atoms with Crippen LogP contribution in [0.25, 0.3) is 11.4 Å². The summed E-state index contributed by atoms with van der Waals surface area (Å²) in [6.45, 7) is 0. The highest BCUT2D eigenvalue weighted by Crippen LogP contribution is 2.23. The van der Waals surface area contributed by atoms with E-state index in [4.69, 9.17) is 5.11 Å². The van der Waals surface area contributed by atoms with Gasteiger partial charge in [0.2, 0.25) is 0 Å². The Morgan fingerprint density at radius 1 is 1.30 bits per heavy atom. The fourth-order valence-corrected chi connectivity index (χ4v) is 2.56. The molecular formula is C15H14N2O3. The number of fused-ring (bicyclic) bond motifs is 1. The van der Waals surface area contributed by atoms with Crippen LogP contribution in [0.15, 0.2) is 35.1 Å². The van der Waals surface area contributed by atoms with Gasteiger partial charge in [0.15, 0.2) is 0 Å². The summed E-state index contributed by atoms with van der Waals surface area (Å²) in [7, 11) is 0. The molecule has 0 saturated carbocycles. The minimum atomic E-state index is -0.845. The van der Waals surface area contributed by atoms with Crippen LogP contribution >= 0.6 is 0 Å². The molecule has 0 unspecified atom stereocenters. The lowest BCUT2D eigenvalue weighted by Gasteiger charge is -2.20. The van der Waals surface area contributed by atoms with Crippen LogP contribution in [-0.4, -0.2) is 21.0 Å². The molecule has 1 aliphatic rings. The summed E-state index contributed by atoms with van der Waals surface area (Å²) in [4.78, 5) is 30.4. The van der Waals surface area contributed by atoms with Gasteiger partial charge in [-0.3, -0.25) is 9.59 Å². The van der Waals surface area contributed by atoms with Gasteiger partial charge in [0, 0.05) is 11.1 Å². The topological polar surface area (TPSA) is 83.0 Å². The number of aryl methyl sites for hydroxylation is 1. The second-order valence-electron chi connectivity index (χ2n) is 4.98. The van der Waals surface area contributed by atoms with Crippen molar-refractivity contribution in [3.63, 3.8) is 0 Å². The molecule has 1 aliphatic carbocycles. The number of nitrogens with zero attached hydrogens (tertiary/aromatic N) is 1. The summed E-state index contributed by atoms with van der Waals surface area (Å²) in [5.41, 5.74) is 1.88. The predicted molar refractivity (Wildman–Crippen MR) is 73.4 cm³/mol. The van der Waals surface area contributed by atoms with E-state index in [1.54, 1.807) is 0 Å². The lowest BCUT2D eigenvalue weighted by molar-refractivity contribution is -0.142. The van der Waals surface area contributed by atoms with E-state index in [9.17, 15) is 9.59 Å². The summed E-state index contributed by atoms with van der Waals surface area (Å²) in [5, 5.41) is 9.05. The van der Waals surface area contributed by atoms with Crippen LogP contribution in [0.2, 0.25) is 0 Å². The Morgan fingerprint density at radius 3 is 2.75 bits per heavy atom. The van der Waals surface area contributed by atoms with Gasteiger partial charge in [0.1, 0.15) is 5.82 Å². The SMILES string of the molecule is O=C(O)[C@H]1CCc2nc(-c3ccccc3)[nH]c(=O)c2C1. The molecule has 0 amide bonds. The molecule has 0 radical (unpaired) electrons. The number of aromatic amines is 1. The molecule has 1 aromatic carbocycles. The Labute approximate surface area is 115 Å². The number of aliphatic carboxylic acids is 1. The van der Waals surface area contributed by atoms with Crippen molar-refractivity contribution >= 4 is 5.97 Å². The highest BCUT2D eigenvalue weighted by molar-refractivity contribution is 5.71. The maximum atomic E-state index is 12.1. The zero-order chi connectivity index (χ0) is 14.1. The van der Waals surface area contributed by atoms with Crippen molar-refractivity contribution in [3.05, 3.63) is 51.9 Å². The quantitative estimate of drug-likeness (QED) is 0.868. The third-order valence-corrected chi connectivity index (χ3v) is 3.68. The molecule has 5 nitrogen and oxygen atoms in total. The summed E-state index contributed by atoms with van der Waals surface area (Å²) >= 11 is 0. The van der Waals surface area contributed by atoms with Crippen molar-refractivity contribution < 1.29 is 9.90 Å². The second kappa shape index (κ2) is 4.92. The van der Waals surface area contributed by atoms with Crippen molar-refractivity contribution in [2.45, 2.75) is 19.3 Å². The van der Waals surface area contributed by atoms with Crippen molar-refractivity contribution in [3.8, 4) is 11.4 Å². The first kappa shape index (κ1) is 12.6. The maximum absolute atomic E-state index is 12.1. The fourth-order valence-electron chi connectivity index (χ4n) is 2.56. The molecule has 1 heterocycles. The summed E-state index contributed by atoms with van der Waals surface area (Å²) in [6.07, 6.45) is 1.34. The predicted octanol–water partition coefficient (Wildman–Crippen LogP) is 1.63. The first-order valence-electron chi connectivity index (χ1n) is 6.55. The largest absolute Gasteiger partial charge is 0.481 e. The van der Waals surface area contributed by atoms with E-state index in [1.165, 1.54) is 0 Å². The van der Waals surface area contributed by atoms with Gasteiger partial charge in [-0.2, -0.15) is 0 Å². The molecule has 102 valence electrons. The van der Waals surface area contributed by atoms with Crippen LogP contribution in [0.3, 0.4) is 0 Å². The standard InChI is InChI=1S/C15H14N2O3/c18-14-11-8-10(15(19)20)6-7-12(11)16-13(17-14)9-4-2-1-3-5-9/h1-5,10H,6-8H2,(H,19,20)(H,16,17,18)/t10-/m0/s1. The minimum Gasteiger partial charge on any atom is -0.481 e. The van der Waals surface area contributed by atoms with Gasteiger partial charge in [0.25, 0.3) is 5.56 Å². The van der Waals surface area contributed by atoms with E-state index in [1.807, 2.05) is 30.3 Å². The number of hydrogen-bond donors (Lipinski definition) is 2. The van der Waals surface area contributed by atoms with Gasteiger partial charge in [-0.1, -0.05) is 30.3 Å². The van der Waals surface area contributed by atoms with E-state index in [2.05, 4.69) is 9.97 Å². The van der Waals surface area contributed by atoms with E-state index in [0.717, 1.165) is 11.3 Å². The van der Waals surface area contributed by atoms with Gasteiger partial charge in [0.05, 0.1) is 11.6 Å². The fraction of sp³-hybridized carbons (Fsp3) is 0.267. The van der Waals surface area contributed by atoms with Crippen LogP contribution in [-0.2, 0) is 17.6 Å². The molecule has 0 saturated heterocycles. The smallest absolute Gasteiger partial charge is 0.306 e. The molecule has 0 spiro atoms. The van der Waals surface area contributed by atoms with Crippen LogP contribution in [0.1, 0.15) is 17.7 Å². The third kappa shape index (κ3) is 2.22. The van der Waals surface area contributed by atoms with Gasteiger partial charge >= 0.3 is 5.97 Å². The lowest BCUT2D eigenvalue weighted by Crippen LogP contribution is -2.29. The molecule has 2 N–H and O–H groups in total. The van der Waals surface area contributed by atoms with Gasteiger partial charge < -0.3 is 10.1 Å². The highest BCUT2D eigenvalue weighted by atomic mass is 16.4. The first-order chi connectivity index (χ1) is 9.65. The van der Waals surface area contributed by atoms with E-state index in [-0.39, 0.29) is 12.0 Å². The van der Waals surface area contributed by atoms with Crippen LogP contribution < -0.4 is 5.56 Å². The van der Waals surface area contributed by atoms with Crippen LogP contribution in [0.5, 0.6) is 0 Å². The summed E-state index contributed by atoms with van der Waals surface area (Å²) in [5.74, 6) is -0.779. The molecule has 5 heteroatoms. The molecule has 20 heavy (non-hydrogen) atoms. The number of H-pyrrole nitrogens is 1. The Balaban J connectivity index is 2.03. The lowest BCUT2D eigenvalue weighted by atomic mass is 9.87. The normalized spacial score (nSPS) is 17.5. The Hall–Kier alpha value is -2.43. The van der Waals surface area contributed by atoms with Crippen molar-refractivity contribution in [2.75, 3.05) is 0 Å². The van der Waals surface area contributed by atoms with E-state index >= 15 is 0 Å². The first-order valence-corrected chi connectivity index (χ1v) is 6.55. The zero-order valence-corrected chi connectivity index (χ0v) is 10.8. The molecule has 2 aromatic rings. The average Bonchev–Trinajstić information content (AvgIpc) is 2.47. The van der Waals surface area contributed by atoms with Crippen molar-refractivity contribution in [2.24, 2.45) is 5.92 Å². The van der Waals surface area contributed by atoms with Gasteiger partial charge in [-0.25, -0.2) is 4.98 Å². The minimum absolute atomic E-state index is 0.222. The Morgan fingerprint density at radius 2 is 2.05 bits per heavy atom. The van der Waals surface area contributed by atoms with Gasteiger partial charge in [-0.05, 0) is 19.3 Å². The molecule has 3 rings (SSSR count). The van der Waals surface area contributed by atoms with Gasteiger partial charge in [-0.15, -0.1) is 0 Å². The van der Waals surface area contributed by atoms with Crippen LogP contribution in [0.4, 0.5) is 0 Å². The monoisotopic (exact) mass is 270 g/mol.